The lowest BCUT2D eigenvalue weighted by molar-refractivity contribution is 0.0810. The Labute approximate surface area is 192 Å². The van der Waals surface area contributed by atoms with Gasteiger partial charge in [-0.3, -0.25) is 19.1 Å². The molecule has 3 aromatic rings. The normalized spacial score (nSPS) is 11.8. The molecule has 0 radical (unpaired) electrons. The van der Waals surface area contributed by atoms with Gasteiger partial charge in [0, 0.05) is 12.4 Å². The van der Waals surface area contributed by atoms with Crippen molar-refractivity contribution in [1.29, 1.82) is 5.26 Å². The molecule has 7 heteroatoms. The number of carbonyl (C=O) groups excluding carboxylic acids is 1. The molecule has 0 bridgehead atoms. The average molecular weight is 446 g/mol. The molecule has 2 aromatic heterocycles. The number of ketones is 1. The second-order valence-corrected chi connectivity index (χ2v) is 8.38. The number of aromatic nitrogens is 2. The second-order valence-electron chi connectivity index (χ2n) is 8.38. The van der Waals surface area contributed by atoms with Gasteiger partial charge in [-0.25, -0.2) is 0 Å². The molecule has 33 heavy (non-hydrogen) atoms. The third kappa shape index (κ3) is 4.80. The van der Waals surface area contributed by atoms with E-state index in [9.17, 15) is 20.0 Å². The van der Waals surface area contributed by atoms with Crippen LogP contribution < -0.4 is 10.3 Å². The van der Waals surface area contributed by atoms with Crippen molar-refractivity contribution in [3.05, 3.63) is 86.5 Å². The predicted molar refractivity (Wildman–Crippen MR) is 125 cm³/mol. The zero-order valence-electron chi connectivity index (χ0n) is 19.4. The Morgan fingerprint density at radius 1 is 1.24 bits per heavy atom. The van der Waals surface area contributed by atoms with Gasteiger partial charge in [-0.05, 0) is 61.1 Å². The smallest absolute Gasteiger partial charge is 0.271 e. The molecule has 0 spiro atoms. The van der Waals surface area contributed by atoms with Crippen molar-refractivity contribution in [1.82, 2.24) is 9.55 Å². The molecule has 3 rings (SSSR count). The number of carbonyl (C=O) groups is 1. The van der Waals surface area contributed by atoms with E-state index in [0.717, 1.165) is 15.7 Å². The minimum Gasteiger partial charge on any atom is -0.494 e. The molecule has 0 aliphatic heterocycles. The third-order valence-corrected chi connectivity index (χ3v) is 5.57. The predicted octanol–water partition coefficient (Wildman–Crippen LogP) is 4.26. The molecule has 0 saturated carbocycles. The van der Waals surface area contributed by atoms with Crippen LogP contribution in [0, 0.1) is 25.2 Å². The van der Waals surface area contributed by atoms with Gasteiger partial charge in [-0.2, -0.15) is 5.26 Å². The maximum absolute atomic E-state index is 13.4. The van der Waals surface area contributed by atoms with Crippen LogP contribution in [0.5, 0.6) is 11.6 Å². The number of ether oxygens (including phenoxy) is 1. The Kier molecular flexibility index (Phi) is 6.98. The molecule has 0 fully saturated rings. The van der Waals surface area contributed by atoms with Crippen LogP contribution in [0.1, 0.15) is 64.9 Å². The SMILES string of the molecule is Cc1ccc(C(C)C)c(OC(C)C(=O)c2c(C)c(C#N)c(=O)n(Cc3cccnc3)c2O)c1. The summed E-state index contributed by atoms with van der Waals surface area (Å²) in [6, 6.07) is 11.1. The Balaban J connectivity index is 2.06. The Hall–Kier alpha value is -3.92. The Bertz CT molecular complexity index is 1290. The number of nitrogens with zero attached hydrogens (tertiary/aromatic N) is 3. The largest absolute Gasteiger partial charge is 0.494 e. The van der Waals surface area contributed by atoms with Crippen molar-refractivity contribution in [2.45, 2.75) is 53.2 Å². The number of hydrogen-bond acceptors (Lipinski definition) is 6. The van der Waals surface area contributed by atoms with E-state index in [0.29, 0.717) is 11.3 Å². The second kappa shape index (κ2) is 9.70. The molecule has 0 aliphatic carbocycles. The molecule has 1 atom stereocenters. The fraction of sp³-hybridized carbons (Fsp3) is 0.308. The van der Waals surface area contributed by atoms with Gasteiger partial charge in [-0.15, -0.1) is 0 Å². The summed E-state index contributed by atoms with van der Waals surface area (Å²) >= 11 is 0. The van der Waals surface area contributed by atoms with Gasteiger partial charge in [0.2, 0.25) is 11.7 Å². The van der Waals surface area contributed by atoms with E-state index in [-0.39, 0.29) is 29.2 Å². The molecule has 7 nitrogen and oxygen atoms in total. The van der Waals surface area contributed by atoms with Crippen LogP contribution >= 0.6 is 0 Å². The highest BCUT2D eigenvalue weighted by molar-refractivity contribution is 6.03. The summed E-state index contributed by atoms with van der Waals surface area (Å²) in [4.78, 5) is 30.3. The van der Waals surface area contributed by atoms with Crippen molar-refractivity contribution >= 4 is 5.78 Å². The summed E-state index contributed by atoms with van der Waals surface area (Å²) in [5.41, 5.74) is 1.78. The van der Waals surface area contributed by atoms with E-state index in [4.69, 9.17) is 4.74 Å². The number of Topliss-reactive ketones (excluding diaryl/α,β-unsaturated/α-hetero) is 1. The zero-order chi connectivity index (χ0) is 24.3. The summed E-state index contributed by atoms with van der Waals surface area (Å²) in [6.07, 6.45) is 2.19. The molecular weight excluding hydrogens is 418 g/mol. The molecule has 0 saturated heterocycles. The average Bonchev–Trinajstić information content (AvgIpc) is 2.77. The monoisotopic (exact) mass is 445 g/mol. The fourth-order valence-electron chi connectivity index (χ4n) is 3.73. The molecule has 1 aromatic carbocycles. The quantitative estimate of drug-likeness (QED) is 0.545. The lowest BCUT2D eigenvalue weighted by Crippen LogP contribution is -2.31. The van der Waals surface area contributed by atoms with Crippen molar-refractivity contribution in [2.24, 2.45) is 0 Å². The first-order valence-electron chi connectivity index (χ1n) is 10.7. The van der Waals surface area contributed by atoms with Gasteiger partial charge in [0.15, 0.2) is 6.10 Å². The fourth-order valence-corrected chi connectivity index (χ4v) is 3.73. The first-order chi connectivity index (χ1) is 15.6. The molecule has 1 unspecified atom stereocenters. The van der Waals surface area contributed by atoms with Crippen LogP contribution in [0.25, 0.3) is 0 Å². The van der Waals surface area contributed by atoms with Crippen LogP contribution in [-0.4, -0.2) is 26.5 Å². The molecule has 0 aliphatic rings. The van der Waals surface area contributed by atoms with Crippen molar-refractivity contribution < 1.29 is 14.6 Å². The van der Waals surface area contributed by atoms with Gasteiger partial charge in [-0.1, -0.05) is 32.0 Å². The van der Waals surface area contributed by atoms with Crippen molar-refractivity contribution in [3.63, 3.8) is 0 Å². The topological polar surface area (TPSA) is 105 Å². The zero-order valence-corrected chi connectivity index (χ0v) is 19.4. The maximum Gasteiger partial charge on any atom is 0.271 e. The van der Waals surface area contributed by atoms with Gasteiger partial charge in [0.25, 0.3) is 5.56 Å². The van der Waals surface area contributed by atoms with E-state index in [1.807, 2.05) is 45.0 Å². The van der Waals surface area contributed by atoms with E-state index in [1.54, 1.807) is 31.5 Å². The van der Waals surface area contributed by atoms with Crippen LogP contribution in [-0.2, 0) is 6.54 Å². The lowest BCUT2D eigenvalue weighted by Gasteiger charge is -2.21. The Morgan fingerprint density at radius 2 is 1.97 bits per heavy atom. The van der Waals surface area contributed by atoms with Gasteiger partial charge < -0.3 is 9.84 Å². The van der Waals surface area contributed by atoms with E-state index >= 15 is 0 Å². The number of hydrogen-bond donors (Lipinski definition) is 1. The first-order valence-corrected chi connectivity index (χ1v) is 10.7. The molecule has 170 valence electrons. The summed E-state index contributed by atoms with van der Waals surface area (Å²) in [5.74, 6) is -0.233. The molecule has 0 amide bonds. The summed E-state index contributed by atoms with van der Waals surface area (Å²) in [6.45, 7) is 9.06. The minimum atomic E-state index is -0.954. The van der Waals surface area contributed by atoms with Gasteiger partial charge >= 0.3 is 0 Å². The first kappa shape index (κ1) is 23.7. The maximum atomic E-state index is 13.4. The van der Waals surface area contributed by atoms with Crippen molar-refractivity contribution in [2.75, 3.05) is 0 Å². The highest BCUT2D eigenvalue weighted by Crippen LogP contribution is 2.30. The minimum absolute atomic E-state index is 0.0294. The molecular formula is C26H27N3O4. The van der Waals surface area contributed by atoms with Crippen LogP contribution in [0.15, 0.2) is 47.5 Å². The van der Waals surface area contributed by atoms with E-state index < -0.39 is 23.3 Å². The molecule has 1 N–H and O–H groups in total. The Morgan fingerprint density at radius 3 is 2.58 bits per heavy atom. The van der Waals surface area contributed by atoms with Gasteiger partial charge in [0.1, 0.15) is 17.4 Å². The molecule has 2 heterocycles. The number of aryl methyl sites for hydroxylation is 1. The number of nitriles is 1. The standard InChI is InChI=1S/C26H27N3O4/c1-15(2)20-9-8-16(3)11-22(20)33-18(5)24(30)23-17(4)21(12-27)25(31)29(26(23)32)14-19-7-6-10-28-13-19/h6-11,13,15,18,32H,14H2,1-5H3. The summed E-state index contributed by atoms with van der Waals surface area (Å²) in [7, 11) is 0. The highest BCUT2D eigenvalue weighted by Gasteiger charge is 2.28. The number of rotatable bonds is 7. The van der Waals surface area contributed by atoms with Gasteiger partial charge in [0.05, 0.1) is 12.1 Å². The van der Waals surface area contributed by atoms with E-state index in [1.165, 1.54) is 6.92 Å². The van der Waals surface area contributed by atoms with Crippen LogP contribution in [0.2, 0.25) is 0 Å². The highest BCUT2D eigenvalue weighted by atomic mass is 16.5. The van der Waals surface area contributed by atoms with Crippen LogP contribution in [0.3, 0.4) is 0 Å². The lowest BCUT2D eigenvalue weighted by atomic mass is 9.98. The van der Waals surface area contributed by atoms with Crippen molar-refractivity contribution in [3.8, 4) is 17.7 Å². The summed E-state index contributed by atoms with van der Waals surface area (Å²) < 4.78 is 7.06. The third-order valence-electron chi connectivity index (χ3n) is 5.57. The number of pyridine rings is 2. The summed E-state index contributed by atoms with van der Waals surface area (Å²) in [5, 5.41) is 20.5. The van der Waals surface area contributed by atoms with E-state index in [2.05, 4.69) is 4.98 Å². The van der Waals surface area contributed by atoms with Crippen LogP contribution in [0.4, 0.5) is 0 Å². The number of aromatic hydroxyl groups is 1. The number of benzene rings is 1.